The van der Waals surface area contributed by atoms with E-state index in [1.54, 1.807) is 12.1 Å². The molecule has 0 spiro atoms. The molecule has 2 aromatic carbocycles. The van der Waals surface area contributed by atoms with Crippen LogP contribution in [0, 0.1) is 0 Å². The molecule has 11 heteroatoms. The average Bonchev–Trinajstić information content (AvgIpc) is 2.46. The molecule has 0 aliphatic heterocycles. The molecule has 25 heavy (non-hydrogen) atoms. The molecule has 0 saturated heterocycles. The lowest BCUT2D eigenvalue weighted by Gasteiger charge is -2.08. The Morgan fingerprint density at radius 1 is 0.840 bits per heavy atom. The van der Waals surface area contributed by atoms with Crippen LogP contribution in [0.25, 0.3) is 0 Å². The van der Waals surface area contributed by atoms with Gasteiger partial charge in [-0.1, -0.05) is 18.2 Å². The van der Waals surface area contributed by atoms with Gasteiger partial charge >= 0.3 is 5.51 Å². The molecule has 0 amide bonds. The van der Waals surface area contributed by atoms with Gasteiger partial charge in [-0.25, -0.2) is 16.8 Å². The second-order valence-electron chi connectivity index (χ2n) is 4.61. The highest BCUT2D eigenvalue weighted by Gasteiger charge is 2.36. The SMILES string of the molecule is CS(=O)(=O)c1ccc([SH+]c2ccccc2)cc1.O=S(=O)([O-])C(F)(F)F. The molecule has 138 valence electrons. The maximum Gasteiger partial charge on any atom is 0.485 e. The van der Waals surface area contributed by atoms with Crippen LogP contribution in [0.4, 0.5) is 13.2 Å². The average molecular weight is 414 g/mol. The summed E-state index contributed by atoms with van der Waals surface area (Å²) in [6, 6.07) is 17.1. The fraction of sp³-hybridized carbons (Fsp3) is 0.143. The van der Waals surface area contributed by atoms with Crippen LogP contribution in [0.3, 0.4) is 0 Å². The summed E-state index contributed by atoms with van der Waals surface area (Å²) in [6.45, 7) is 0. The molecule has 5 nitrogen and oxygen atoms in total. The first-order valence-corrected chi connectivity index (χ1v) is 10.6. The van der Waals surface area contributed by atoms with Gasteiger partial charge in [-0.3, -0.25) is 0 Å². The van der Waals surface area contributed by atoms with Gasteiger partial charge in [0.05, 0.1) is 4.90 Å². The molecule has 2 rings (SSSR count). The summed E-state index contributed by atoms with van der Waals surface area (Å²) in [5.41, 5.74) is -5.65. The van der Waals surface area contributed by atoms with E-state index in [1.807, 2.05) is 42.5 Å². The molecular weight excluding hydrogens is 401 g/mol. The first kappa shape index (κ1) is 21.5. The van der Waals surface area contributed by atoms with Gasteiger partial charge in [0, 0.05) is 18.0 Å². The molecular formula is C14H13F3O5S3. The summed E-state index contributed by atoms with van der Waals surface area (Å²) in [6.07, 6.45) is 1.22. The summed E-state index contributed by atoms with van der Waals surface area (Å²) < 4.78 is 81.5. The highest BCUT2D eigenvalue weighted by atomic mass is 32.2. The Morgan fingerprint density at radius 2 is 1.24 bits per heavy atom. The topological polar surface area (TPSA) is 91.3 Å². The highest BCUT2D eigenvalue weighted by molar-refractivity contribution is 7.90. The van der Waals surface area contributed by atoms with Crippen molar-refractivity contribution < 1.29 is 34.6 Å². The Bertz CT molecular complexity index is 891. The van der Waals surface area contributed by atoms with E-state index >= 15 is 0 Å². The predicted molar refractivity (Wildman–Crippen MR) is 87.0 cm³/mol. The van der Waals surface area contributed by atoms with Crippen molar-refractivity contribution in [2.24, 2.45) is 0 Å². The van der Waals surface area contributed by atoms with Crippen LogP contribution >= 0.6 is 0 Å². The summed E-state index contributed by atoms with van der Waals surface area (Å²) in [5, 5.41) is 0. The Balaban J connectivity index is 0.000000333. The second kappa shape index (κ2) is 8.21. The van der Waals surface area contributed by atoms with E-state index in [0.717, 1.165) is 16.7 Å². The van der Waals surface area contributed by atoms with Gasteiger partial charge in [0.1, 0.15) is 0 Å². The lowest BCUT2D eigenvalue weighted by molar-refractivity contribution is -0.0517. The van der Waals surface area contributed by atoms with Gasteiger partial charge in [0.25, 0.3) is 0 Å². The van der Waals surface area contributed by atoms with Crippen LogP contribution in [0.15, 0.2) is 69.3 Å². The van der Waals surface area contributed by atoms with E-state index in [4.69, 9.17) is 13.0 Å². The van der Waals surface area contributed by atoms with Crippen LogP contribution < -0.4 is 0 Å². The zero-order chi connectivity index (χ0) is 19.3. The molecule has 0 fully saturated rings. The van der Waals surface area contributed by atoms with Crippen LogP contribution in [-0.4, -0.2) is 33.2 Å². The van der Waals surface area contributed by atoms with Crippen molar-refractivity contribution in [1.29, 1.82) is 0 Å². The van der Waals surface area contributed by atoms with Crippen LogP contribution in [0.5, 0.6) is 0 Å². The summed E-state index contributed by atoms with van der Waals surface area (Å²) in [7, 11) is -9.19. The van der Waals surface area contributed by atoms with Crippen molar-refractivity contribution >= 4 is 31.7 Å². The number of thiol groups is 1. The van der Waals surface area contributed by atoms with Crippen molar-refractivity contribution in [2.75, 3.05) is 6.26 Å². The third-order valence-corrected chi connectivity index (χ3v) is 5.37. The van der Waals surface area contributed by atoms with Gasteiger partial charge in [0.2, 0.25) is 0 Å². The lowest BCUT2D eigenvalue weighted by atomic mass is 10.4. The van der Waals surface area contributed by atoms with E-state index in [1.165, 1.54) is 11.2 Å². The van der Waals surface area contributed by atoms with E-state index in [2.05, 4.69) is 0 Å². The fourth-order valence-electron chi connectivity index (χ4n) is 1.42. The fourth-order valence-corrected chi connectivity index (χ4v) is 2.97. The third kappa shape index (κ3) is 7.46. The number of halogens is 3. The quantitative estimate of drug-likeness (QED) is 0.333. The molecule has 0 saturated carbocycles. The first-order valence-electron chi connectivity index (χ1n) is 6.40. The zero-order valence-electron chi connectivity index (χ0n) is 12.6. The van der Waals surface area contributed by atoms with Gasteiger partial charge in [-0.2, -0.15) is 13.2 Å². The standard InChI is InChI=1S/C13H12O2S2.CHF3O3S/c1-17(14,15)13-9-7-12(8-10-13)16-11-5-3-2-4-6-11;2-1(3,4)8(5,6)7/h2-10H,1H3;(H,5,6,7). The molecule has 0 heterocycles. The number of hydrogen-bond donors (Lipinski definition) is 0. The minimum Gasteiger partial charge on any atom is -0.741 e. The second-order valence-corrected chi connectivity index (χ2v) is 9.26. The van der Waals surface area contributed by atoms with Crippen molar-refractivity contribution in [3.8, 4) is 0 Å². The van der Waals surface area contributed by atoms with Crippen LogP contribution in [0.1, 0.15) is 0 Å². The van der Waals surface area contributed by atoms with Crippen molar-refractivity contribution in [2.45, 2.75) is 20.2 Å². The monoisotopic (exact) mass is 414 g/mol. The van der Waals surface area contributed by atoms with Gasteiger partial charge in [-0.15, -0.1) is 0 Å². The highest BCUT2D eigenvalue weighted by Crippen LogP contribution is 2.20. The van der Waals surface area contributed by atoms with Crippen molar-refractivity contribution in [3.63, 3.8) is 0 Å². The van der Waals surface area contributed by atoms with Crippen LogP contribution in [0.2, 0.25) is 0 Å². The number of rotatable bonds is 3. The number of sulfone groups is 1. The summed E-state index contributed by atoms with van der Waals surface area (Å²) in [4.78, 5) is 2.65. The molecule has 0 aliphatic carbocycles. The van der Waals surface area contributed by atoms with Crippen molar-refractivity contribution in [1.82, 2.24) is 0 Å². The third-order valence-electron chi connectivity index (χ3n) is 2.56. The summed E-state index contributed by atoms with van der Waals surface area (Å²) >= 11 is 1.09. The number of benzene rings is 2. The summed E-state index contributed by atoms with van der Waals surface area (Å²) in [5.74, 6) is 0. The number of alkyl halides is 3. The molecule has 0 radical (unpaired) electrons. The maximum atomic E-state index is 11.3. The van der Waals surface area contributed by atoms with Gasteiger partial charge < -0.3 is 4.55 Å². The minimum absolute atomic E-state index is 0.365. The minimum atomic E-state index is -6.09. The number of hydrogen-bond acceptors (Lipinski definition) is 5. The Labute approximate surface area is 147 Å². The molecule has 0 unspecified atom stereocenters. The molecule has 0 bridgehead atoms. The largest absolute Gasteiger partial charge is 0.741 e. The van der Waals surface area contributed by atoms with E-state index in [-0.39, 0.29) is 0 Å². The molecule has 0 atom stereocenters. The lowest BCUT2D eigenvalue weighted by Crippen LogP contribution is -2.21. The Hall–Kier alpha value is -1.56. The van der Waals surface area contributed by atoms with E-state index in [9.17, 15) is 21.6 Å². The normalized spacial score (nSPS) is 12.2. The van der Waals surface area contributed by atoms with Gasteiger partial charge in [0.15, 0.2) is 29.7 Å². The van der Waals surface area contributed by atoms with E-state index < -0.39 is 25.5 Å². The van der Waals surface area contributed by atoms with Crippen LogP contribution in [-0.2, 0) is 31.7 Å². The van der Waals surface area contributed by atoms with Crippen molar-refractivity contribution in [3.05, 3.63) is 54.6 Å². The smallest absolute Gasteiger partial charge is 0.485 e. The van der Waals surface area contributed by atoms with Gasteiger partial charge in [-0.05, 0) is 36.4 Å². The molecule has 2 aromatic rings. The molecule has 0 N–H and O–H groups in total. The Morgan fingerprint density at radius 3 is 1.60 bits per heavy atom. The Kier molecular flexibility index (Phi) is 7.06. The maximum absolute atomic E-state index is 11.3. The first-order chi connectivity index (χ1) is 11.3. The zero-order valence-corrected chi connectivity index (χ0v) is 15.2. The predicted octanol–water partition coefficient (Wildman–Crippen LogP) is 2.37. The van der Waals surface area contributed by atoms with E-state index in [0.29, 0.717) is 4.90 Å². The molecule has 0 aliphatic rings. The molecule has 0 aromatic heterocycles.